The van der Waals surface area contributed by atoms with E-state index < -0.39 is 0 Å². The van der Waals surface area contributed by atoms with Crippen molar-refractivity contribution in [2.45, 2.75) is 6.54 Å². The first-order valence-electron chi connectivity index (χ1n) is 7.83. The van der Waals surface area contributed by atoms with Crippen LogP contribution in [0.5, 0.6) is 0 Å². The van der Waals surface area contributed by atoms with Gasteiger partial charge in [0.15, 0.2) is 0 Å². The monoisotopic (exact) mass is 317 g/mol. The molecule has 0 unspecified atom stereocenters. The van der Waals surface area contributed by atoms with Crippen molar-refractivity contribution in [3.63, 3.8) is 0 Å². The number of carbonyl (C=O) groups is 1. The fourth-order valence-corrected chi connectivity index (χ4v) is 2.61. The van der Waals surface area contributed by atoms with Gasteiger partial charge in [0.1, 0.15) is 0 Å². The molecule has 120 valence electrons. The summed E-state index contributed by atoms with van der Waals surface area (Å²) in [6.45, 7) is 0.745. The van der Waals surface area contributed by atoms with Crippen LogP contribution in [-0.4, -0.2) is 13.1 Å². The molecule has 0 fully saturated rings. The second-order valence-electron chi connectivity index (χ2n) is 5.46. The van der Waals surface area contributed by atoms with Crippen molar-refractivity contribution in [1.29, 1.82) is 0 Å². The van der Waals surface area contributed by atoms with Crippen LogP contribution in [0.25, 0.3) is 11.1 Å². The summed E-state index contributed by atoms with van der Waals surface area (Å²) in [6, 6.07) is 25.8. The first-order valence-corrected chi connectivity index (χ1v) is 7.83. The topological polar surface area (TPSA) is 38.3 Å². The Morgan fingerprint density at radius 3 is 2.46 bits per heavy atom. The molecule has 0 amide bonds. The van der Waals surface area contributed by atoms with E-state index in [-0.39, 0.29) is 5.97 Å². The van der Waals surface area contributed by atoms with Crippen molar-refractivity contribution in [2.24, 2.45) is 0 Å². The van der Waals surface area contributed by atoms with E-state index in [0.29, 0.717) is 5.56 Å². The lowest BCUT2D eigenvalue weighted by molar-refractivity contribution is 0.0601. The molecule has 24 heavy (non-hydrogen) atoms. The molecule has 3 nitrogen and oxygen atoms in total. The fourth-order valence-electron chi connectivity index (χ4n) is 2.61. The third-order valence-corrected chi connectivity index (χ3v) is 3.85. The van der Waals surface area contributed by atoms with Crippen LogP contribution in [0, 0.1) is 0 Å². The van der Waals surface area contributed by atoms with Crippen molar-refractivity contribution in [3.05, 3.63) is 90.0 Å². The number of hydrogen-bond acceptors (Lipinski definition) is 3. The second-order valence-corrected chi connectivity index (χ2v) is 5.46. The Hall–Kier alpha value is -3.07. The Labute approximate surface area is 141 Å². The molecule has 0 bridgehead atoms. The molecule has 0 aliphatic rings. The summed E-state index contributed by atoms with van der Waals surface area (Å²) in [5.74, 6) is -0.327. The minimum atomic E-state index is -0.327. The van der Waals surface area contributed by atoms with Crippen molar-refractivity contribution in [1.82, 2.24) is 0 Å². The van der Waals surface area contributed by atoms with Gasteiger partial charge in [-0.15, -0.1) is 0 Å². The first-order chi connectivity index (χ1) is 11.8. The zero-order chi connectivity index (χ0) is 16.8. The molecule has 1 N–H and O–H groups in total. The number of ether oxygens (including phenoxy) is 1. The highest BCUT2D eigenvalue weighted by Gasteiger charge is 2.09. The Morgan fingerprint density at radius 1 is 0.917 bits per heavy atom. The lowest BCUT2D eigenvalue weighted by Gasteiger charge is -2.13. The maximum Gasteiger partial charge on any atom is 0.337 e. The first kappa shape index (κ1) is 15.8. The minimum absolute atomic E-state index is 0.327. The average Bonchev–Trinajstić information content (AvgIpc) is 2.67. The zero-order valence-electron chi connectivity index (χ0n) is 13.5. The van der Waals surface area contributed by atoms with Crippen molar-refractivity contribution in [3.8, 4) is 11.1 Å². The third kappa shape index (κ3) is 3.63. The third-order valence-electron chi connectivity index (χ3n) is 3.85. The quantitative estimate of drug-likeness (QED) is 0.690. The number of esters is 1. The van der Waals surface area contributed by atoms with Gasteiger partial charge < -0.3 is 10.1 Å². The number of para-hydroxylation sites is 1. The number of benzene rings is 3. The van der Waals surface area contributed by atoms with E-state index in [1.165, 1.54) is 12.7 Å². The van der Waals surface area contributed by atoms with Gasteiger partial charge >= 0.3 is 5.97 Å². The lowest BCUT2D eigenvalue weighted by atomic mass is 10.0. The average molecular weight is 317 g/mol. The number of anilines is 1. The highest BCUT2D eigenvalue weighted by Crippen LogP contribution is 2.29. The summed E-state index contributed by atoms with van der Waals surface area (Å²) in [7, 11) is 1.39. The van der Waals surface area contributed by atoms with Gasteiger partial charge in [-0.05, 0) is 29.3 Å². The number of hydrogen-bond donors (Lipinski definition) is 1. The zero-order valence-corrected chi connectivity index (χ0v) is 13.5. The normalized spacial score (nSPS) is 10.2. The van der Waals surface area contributed by atoms with E-state index >= 15 is 0 Å². The van der Waals surface area contributed by atoms with E-state index in [1.54, 1.807) is 6.07 Å². The van der Waals surface area contributed by atoms with Crippen LogP contribution in [0.2, 0.25) is 0 Å². The van der Waals surface area contributed by atoms with E-state index in [9.17, 15) is 4.79 Å². The lowest BCUT2D eigenvalue weighted by Crippen LogP contribution is -2.02. The molecule has 3 aromatic carbocycles. The smallest absolute Gasteiger partial charge is 0.337 e. The molecule has 0 radical (unpaired) electrons. The number of rotatable bonds is 5. The summed E-state index contributed by atoms with van der Waals surface area (Å²) < 4.78 is 4.81. The van der Waals surface area contributed by atoms with E-state index in [1.807, 2.05) is 60.7 Å². The SMILES string of the molecule is COC(=O)c1cccc(-c2ccccc2NCc2ccccc2)c1. The molecular weight excluding hydrogens is 298 g/mol. The maximum atomic E-state index is 11.8. The molecule has 0 spiro atoms. The minimum Gasteiger partial charge on any atom is -0.465 e. The highest BCUT2D eigenvalue weighted by molar-refractivity contribution is 5.91. The summed E-state index contributed by atoms with van der Waals surface area (Å²) >= 11 is 0. The van der Waals surface area contributed by atoms with Crippen molar-refractivity contribution in [2.75, 3.05) is 12.4 Å². The van der Waals surface area contributed by atoms with Gasteiger partial charge in [0.2, 0.25) is 0 Å². The van der Waals surface area contributed by atoms with E-state index in [2.05, 4.69) is 17.4 Å². The molecule has 0 saturated carbocycles. The Bertz CT molecular complexity index is 828. The molecule has 0 heterocycles. The number of nitrogens with one attached hydrogen (secondary N) is 1. The van der Waals surface area contributed by atoms with Gasteiger partial charge in [0.05, 0.1) is 12.7 Å². The highest BCUT2D eigenvalue weighted by atomic mass is 16.5. The Morgan fingerprint density at radius 2 is 1.67 bits per heavy atom. The fraction of sp³-hybridized carbons (Fsp3) is 0.0952. The van der Waals surface area contributed by atoms with Crippen molar-refractivity contribution >= 4 is 11.7 Å². The predicted octanol–water partition coefficient (Wildman–Crippen LogP) is 4.75. The number of methoxy groups -OCH3 is 1. The van der Waals surface area contributed by atoms with Crippen LogP contribution in [0.1, 0.15) is 15.9 Å². The van der Waals surface area contributed by atoms with E-state index in [0.717, 1.165) is 23.4 Å². The Kier molecular flexibility index (Phi) is 4.92. The molecule has 0 atom stereocenters. The van der Waals surface area contributed by atoms with Gasteiger partial charge in [-0.2, -0.15) is 0 Å². The summed E-state index contributed by atoms with van der Waals surface area (Å²) in [5, 5.41) is 3.47. The molecule has 0 aromatic heterocycles. The molecule has 0 aliphatic heterocycles. The van der Waals surface area contributed by atoms with Crippen LogP contribution in [-0.2, 0) is 11.3 Å². The van der Waals surface area contributed by atoms with Crippen LogP contribution in [0.4, 0.5) is 5.69 Å². The molecule has 3 heteroatoms. The van der Waals surface area contributed by atoms with Gasteiger partial charge in [-0.3, -0.25) is 0 Å². The van der Waals surface area contributed by atoms with Gasteiger partial charge in [0, 0.05) is 17.8 Å². The van der Waals surface area contributed by atoms with Crippen LogP contribution in [0.15, 0.2) is 78.9 Å². The Balaban J connectivity index is 1.88. The van der Waals surface area contributed by atoms with Gasteiger partial charge in [-0.25, -0.2) is 4.79 Å². The largest absolute Gasteiger partial charge is 0.465 e. The summed E-state index contributed by atoms with van der Waals surface area (Å²) in [6.07, 6.45) is 0. The van der Waals surface area contributed by atoms with Crippen LogP contribution < -0.4 is 5.32 Å². The maximum absolute atomic E-state index is 11.8. The molecule has 0 saturated heterocycles. The van der Waals surface area contributed by atoms with Crippen LogP contribution in [0.3, 0.4) is 0 Å². The van der Waals surface area contributed by atoms with E-state index in [4.69, 9.17) is 4.74 Å². The van der Waals surface area contributed by atoms with Crippen molar-refractivity contribution < 1.29 is 9.53 Å². The van der Waals surface area contributed by atoms with Crippen LogP contribution >= 0.6 is 0 Å². The summed E-state index contributed by atoms with van der Waals surface area (Å²) in [5.41, 5.74) is 4.83. The van der Waals surface area contributed by atoms with Gasteiger partial charge in [-0.1, -0.05) is 60.7 Å². The predicted molar refractivity (Wildman–Crippen MR) is 97.0 cm³/mol. The summed E-state index contributed by atoms with van der Waals surface area (Å²) in [4.78, 5) is 11.8. The molecule has 0 aliphatic carbocycles. The molecule has 3 rings (SSSR count). The second kappa shape index (κ2) is 7.47. The molecule has 3 aromatic rings. The standard InChI is InChI=1S/C21H19NO2/c1-24-21(23)18-11-7-10-17(14-18)19-12-5-6-13-20(19)22-15-16-8-3-2-4-9-16/h2-14,22H,15H2,1H3. The number of carbonyl (C=O) groups excluding carboxylic acids is 1. The van der Waals surface area contributed by atoms with Gasteiger partial charge in [0.25, 0.3) is 0 Å². The molecular formula is C21H19NO2.